The minimum atomic E-state index is -2.61. The third-order valence-electron chi connectivity index (χ3n) is 4.92. The minimum absolute atomic E-state index is 0.193. The fourth-order valence-corrected chi connectivity index (χ4v) is 7.88. The summed E-state index contributed by atoms with van der Waals surface area (Å²) in [6.07, 6.45) is 0.866. The van der Waals surface area contributed by atoms with Gasteiger partial charge in [-0.2, -0.15) is 0 Å². The predicted octanol–water partition coefficient (Wildman–Crippen LogP) is 8.08. The number of rotatable bonds is 5. The molecule has 4 rings (SSSR count). The summed E-state index contributed by atoms with van der Waals surface area (Å²) in [6.45, 7) is 0. The van der Waals surface area contributed by atoms with E-state index in [2.05, 4.69) is 91.0 Å². The van der Waals surface area contributed by atoms with Gasteiger partial charge in [-0.25, -0.2) is 4.39 Å². The first-order valence-electron chi connectivity index (χ1n) is 9.62. The fraction of sp³-hybridized carbons (Fsp3) is 0.0400. The molecule has 0 N–H and O–H groups in total. The van der Waals surface area contributed by atoms with E-state index in [0.717, 1.165) is 11.7 Å². The number of halogens is 5. The molecule has 0 fully saturated rings. The molecule has 0 saturated heterocycles. The summed E-state index contributed by atoms with van der Waals surface area (Å²) in [6, 6.07) is 39.2. The molecule has 0 aromatic heterocycles. The normalized spacial score (nSPS) is 11.9. The van der Waals surface area contributed by atoms with Crippen LogP contribution in [0, 0.1) is 5.82 Å². The molecule has 0 unspecified atom stereocenters. The van der Waals surface area contributed by atoms with E-state index in [1.54, 1.807) is 12.1 Å². The first-order valence-corrected chi connectivity index (χ1v) is 17.7. The summed E-state index contributed by atoms with van der Waals surface area (Å²) in [5.74, 6) is -0.193. The van der Waals surface area contributed by atoms with Crippen molar-refractivity contribution < 1.29 is 13.6 Å². The molecular formula is C25H21Cl4FFeP. The Labute approximate surface area is 208 Å². The molecule has 4 aromatic rings. The summed E-state index contributed by atoms with van der Waals surface area (Å²) in [5.41, 5.74) is 1.15. The summed E-state index contributed by atoms with van der Waals surface area (Å²) in [5, 5.41) is 4.02. The van der Waals surface area contributed by atoms with Gasteiger partial charge >= 0.3 is 49.6 Å². The zero-order valence-corrected chi connectivity index (χ0v) is 21.9. The van der Waals surface area contributed by atoms with Crippen molar-refractivity contribution >= 4 is 63.6 Å². The van der Waals surface area contributed by atoms with Crippen LogP contribution in [0.25, 0.3) is 0 Å². The molecule has 0 aliphatic carbocycles. The molecular weight excluding hydrogens is 548 g/mol. The Morgan fingerprint density at radius 1 is 0.531 bits per heavy atom. The van der Waals surface area contributed by atoms with Crippen LogP contribution in [0.1, 0.15) is 5.56 Å². The third kappa shape index (κ3) is 7.21. The van der Waals surface area contributed by atoms with Crippen molar-refractivity contribution in [2.24, 2.45) is 0 Å². The fourth-order valence-electron chi connectivity index (χ4n) is 3.63. The van der Waals surface area contributed by atoms with Crippen LogP contribution >= 0.6 is 47.7 Å². The molecule has 169 valence electrons. The Bertz CT molecular complexity index is 987. The molecule has 0 saturated carbocycles. The van der Waals surface area contributed by atoms with E-state index in [1.165, 1.54) is 15.9 Å². The van der Waals surface area contributed by atoms with Crippen LogP contribution in [0.4, 0.5) is 4.39 Å². The van der Waals surface area contributed by atoms with Crippen molar-refractivity contribution in [2.75, 3.05) is 0 Å². The molecule has 0 aliphatic rings. The van der Waals surface area contributed by atoms with Gasteiger partial charge in [0.15, 0.2) is 0 Å². The van der Waals surface area contributed by atoms with E-state index < -0.39 is 16.5 Å². The molecule has 0 radical (unpaired) electrons. The molecule has 7 heteroatoms. The number of benzene rings is 4. The average Bonchev–Trinajstić information content (AvgIpc) is 2.79. The first-order chi connectivity index (χ1) is 15.3. The van der Waals surface area contributed by atoms with Gasteiger partial charge in [-0.3, -0.25) is 0 Å². The molecule has 0 amide bonds. The average molecular weight is 569 g/mol. The van der Waals surface area contributed by atoms with Crippen molar-refractivity contribution in [2.45, 2.75) is 6.16 Å². The van der Waals surface area contributed by atoms with Gasteiger partial charge in [-0.15, -0.1) is 0 Å². The molecule has 0 nitrogen and oxygen atoms in total. The van der Waals surface area contributed by atoms with Crippen molar-refractivity contribution in [3.63, 3.8) is 0 Å². The maximum atomic E-state index is 13.5. The van der Waals surface area contributed by atoms with Gasteiger partial charge in [-0.05, 0) is 54.1 Å². The van der Waals surface area contributed by atoms with Gasteiger partial charge in [0.2, 0.25) is 0 Å². The summed E-state index contributed by atoms with van der Waals surface area (Å²) in [7, 11) is 15.3. The van der Waals surface area contributed by atoms with Crippen LogP contribution in [-0.4, -0.2) is 0 Å². The molecule has 4 aromatic carbocycles. The van der Waals surface area contributed by atoms with Crippen LogP contribution < -0.4 is 15.9 Å². The van der Waals surface area contributed by atoms with Crippen molar-refractivity contribution in [3.05, 3.63) is 127 Å². The van der Waals surface area contributed by atoms with Gasteiger partial charge in [0.25, 0.3) is 0 Å². The summed E-state index contributed by atoms with van der Waals surface area (Å²) in [4.78, 5) is 0. The topological polar surface area (TPSA) is 0 Å². The quantitative estimate of drug-likeness (QED) is 0.169. The molecule has 0 spiro atoms. The van der Waals surface area contributed by atoms with Crippen LogP contribution in [0.15, 0.2) is 115 Å². The third-order valence-corrected chi connectivity index (χ3v) is 9.30. The van der Waals surface area contributed by atoms with Crippen LogP contribution in [0.2, 0.25) is 0 Å². The standard InChI is InChI=1S/C25H21FP.4ClH.Fe/c26-22-18-16-21(17-19-22)20-27(23-10-4-1-5-11-23,24-12-6-2-7-13-24)25-14-8-3-9-15-25;;;;;/h1-19H,20H2;4*1H;/q+1;;;;;+3/p-4. The Kier molecular flexibility index (Phi) is 9.47. The second kappa shape index (κ2) is 11.9. The van der Waals surface area contributed by atoms with Gasteiger partial charge in [-0.1, -0.05) is 66.7 Å². The summed E-state index contributed by atoms with van der Waals surface area (Å²) < 4.78 is 13.5. The Morgan fingerprint density at radius 3 is 1.16 bits per heavy atom. The van der Waals surface area contributed by atoms with Crippen LogP contribution in [0.3, 0.4) is 0 Å². The zero-order chi connectivity index (χ0) is 23.0. The van der Waals surface area contributed by atoms with E-state index in [4.69, 9.17) is 40.4 Å². The predicted molar refractivity (Wildman–Crippen MR) is 139 cm³/mol. The van der Waals surface area contributed by atoms with E-state index >= 15 is 0 Å². The van der Waals surface area contributed by atoms with E-state index in [1.807, 2.05) is 12.1 Å². The second-order valence-corrected chi connectivity index (χ2v) is 21.3. The molecule has 32 heavy (non-hydrogen) atoms. The van der Waals surface area contributed by atoms with E-state index in [0.29, 0.717) is 0 Å². The first kappa shape index (κ1) is 25.5. The zero-order valence-electron chi connectivity index (χ0n) is 16.9. The molecule has 0 bridgehead atoms. The van der Waals surface area contributed by atoms with E-state index in [-0.39, 0.29) is 5.82 Å². The van der Waals surface area contributed by atoms with Crippen LogP contribution in [0.5, 0.6) is 0 Å². The molecule has 0 atom stereocenters. The van der Waals surface area contributed by atoms with Crippen LogP contribution in [-0.2, 0) is 15.4 Å². The Morgan fingerprint density at radius 2 is 0.844 bits per heavy atom. The maximum absolute atomic E-state index is 13.5. The number of hydrogen-bond acceptors (Lipinski definition) is 0. The van der Waals surface area contributed by atoms with Gasteiger partial charge in [0.05, 0.1) is 6.16 Å². The van der Waals surface area contributed by atoms with Crippen molar-refractivity contribution in [1.29, 1.82) is 0 Å². The van der Waals surface area contributed by atoms with Gasteiger partial charge < -0.3 is 0 Å². The van der Waals surface area contributed by atoms with E-state index in [9.17, 15) is 4.39 Å². The number of hydrogen-bond donors (Lipinski definition) is 0. The van der Waals surface area contributed by atoms with Crippen molar-refractivity contribution in [1.82, 2.24) is 0 Å². The molecule has 0 heterocycles. The summed E-state index contributed by atoms with van der Waals surface area (Å²) >= 11 is 0. The monoisotopic (exact) mass is 567 g/mol. The van der Waals surface area contributed by atoms with Gasteiger partial charge in [0.1, 0.15) is 29.0 Å². The molecule has 0 aliphatic heterocycles. The Hall–Kier alpha value is -1.08. The van der Waals surface area contributed by atoms with Gasteiger partial charge in [0, 0.05) is 0 Å². The Balaban J connectivity index is 0.000000523. The second-order valence-electron chi connectivity index (χ2n) is 6.90. The van der Waals surface area contributed by atoms with Crippen molar-refractivity contribution in [3.8, 4) is 0 Å². The SMILES string of the molecule is Fc1ccc(C[P+](c2ccccc2)(c2ccccc2)c2ccccc2)cc1.[Cl][Fe-]([Cl])([Cl])[Cl].